The summed E-state index contributed by atoms with van der Waals surface area (Å²) in [6.45, 7) is 8.94. The van der Waals surface area contributed by atoms with Gasteiger partial charge in [-0.2, -0.15) is 0 Å². The van der Waals surface area contributed by atoms with E-state index >= 15 is 0 Å². The Hall–Kier alpha value is -1.26. The van der Waals surface area contributed by atoms with Crippen LogP contribution in [0.25, 0.3) is 0 Å². The average Bonchev–Trinajstić information content (AvgIpc) is 2.14. The summed E-state index contributed by atoms with van der Waals surface area (Å²) in [4.78, 5) is 24.1. The van der Waals surface area contributed by atoms with Gasteiger partial charge in [0, 0.05) is 7.05 Å². The molecular weight excluding hydrogens is 222 g/mol. The van der Waals surface area contributed by atoms with E-state index < -0.39 is 23.7 Å². The third-order valence-corrected chi connectivity index (χ3v) is 2.53. The summed E-state index contributed by atoms with van der Waals surface area (Å²) < 4.78 is 5.15. The zero-order chi connectivity index (χ0) is 13.8. The first kappa shape index (κ1) is 15.7. The number of ether oxygens (including phenoxy) is 1. The number of aliphatic carboxylic acids is 1. The molecule has 0 fully saturated rings. The number of hydrogen-bond donors (Lipinski definition) is 1. The number of hydrogen-bond acceptors (Lipinski definition) is 3. The number of carbonyl (C=O) groups excluding carboxylic acids is 1. The summed E-state index contributed by atoms with van der Waals surface area (Å²) in [5.41, 5.74) is -0.621. The van der Waals surface area contributed by atoms with Crippen molar-refractivity contribution in [2.75, 3.05) is 7.05 Å². The Labute approximate surface area is 103 Å². The number of amides is 1. The van der Waals surface area contributed by atoms with E-state index in [1.807, 2.05) is 6.92 Å². The van der Waals surface area contributed by atoms with E-state index in [1.54, 1.807) is 27.7 Å². The van der Waals surface area contributed by atoms with Gasteiger partial charge in [-0.05, 0) is 26.7 Å². The maximum Gasteiger partial charge on any atom is 0.410 e. The lowest BCUT2D eigenvalue weighted by Crippen LogP contribution is -2.48. The maximum atomic E-state index is 11.8. The SMILES string of the molecule is CCC(C)C(C(=O)O)N(C)C(=O)OC(C)(C)C. The highest BCUT2D eigenvalue weighted by Gasteiger charge is 2.33. The molecule has 0 aliphatic heterocycles. The first-order valence-corrected chi connectivity index (χ1v) is 5.78. The monoisotopic (exact) mass is 245 g/mol. The van der Waals surface area contributed by atoms with Gasteiger partial charge < -0.3 is 9.84 Å². The first-order chi connectivity index (χ1) is 7.60. The predicted molar refractivity (Wildman–Crippen MR) is 64.9 cm³/mol. The fourth-order valence-corrected chi connectivity index (χ4v) is 1.46. The standard InChI is InChI=1S/C12H23NO4/c1-7-8(2)9(10(14)15)13(6)11(16)17-12(3,4)5/h8-9H,7H2,1-6H3,(H,14,15). The van der Waals surface area contributed by atoms with Crippen molar-refractivity contribution in [2.45, 2.75) is 52.7 Å². The molecule has 2 atom stereocenters. The van der Waals surface area contributed by atoms with Crippen LogP contribution in [-0.2, 0) is 9.53 Å². The highest BCUT2D eigenvalue weighted by molar-refractivity contribution is 5.80. The lowest BCUT2D eigenvalue weighted by atomic mass is 9.98. The molecule has 100 valence electrons. The van der Waals surface area contributed by atoms with Gasteiger partial charge >= 0.3 is 12.1 Å². The molecule has 0 saturated heterocycles. The van der Waals surface area contributed by atoms with Gasteiger partial charge in [-0.25, -0.2) is 9.59 Å². The van der Waals surface area contributed by atoms with Crippen LogP contribution in [0.1, 0.15) is 41.0 Å². The number of nitrogens with zero attached hydrogens (tertiary/aromatic N) is 1. The van der Waals surface area contributed by atoms with E-state index in [0.717, 1.165) is 4.90 Å². The highest BCUT2D eigenvalue weighted by Crippen LogP contribution is 2.17. The van der Waals surface area contributed by atoms with Crippen molar-refractivity contribution in [1.29, 1.82) is 0 Å². The lowest BCUT2D eigenvalue weighted by molar-refractivity contribution is -0.144. The third kappa shape index (κ3) is 5.06. The fourth-order valence-electron chi connectivity index (χ4n) is 1.46. The van der Waals surface area contributed by atoms with Crippen molar-refractivity contribution >= 4 is 12.1 Å². The summed E-state index contributed by atoms with van der Waals surface area (Å²) >= 11 is 0. The minimum atomic E-state index is -1.01. The van der Waals surface area contributed by atoms with E-state index in [9.17, 15) is 9.59 Å². The largest absolute Gasteiger partial charge is 0.480 e. The van der Waals surface area contributed by atoms with Crippen LogP contribution in [-0.4, -0.2) is 40.8 Å². The van der Waals surface area contributed by atoms with Crippen molar-refractivity contribution < 1.29 is 19.4 Å². The van der Waals surface area contributed by atoms with Crippen molar-refractivity contribution in [2.24, 2.45) is 5.92 Å². The molecule has 0 aromatic rings. The van der Waals surface area contributed by atoms with Gasteiger partial charge in [0.1, 0.15) is 11.6 Å². The van der Waals surface area contributed by atoms with Gasteiger partial charge in [-0.15, -0.1) is 0 Å². The van der Waals surface area contributed by atoms with Crippen LogP contribution in [0, 0.1) is 5.92 Å². The van der Waals surface area contributed by atoms with Gasteiger partial charge in [0.15, 0.2) is 0 Å². The molecule has 0 rings (SSSR count). The van der Waals surface area contributed by atoms with Crippen LogP contribution in [0.3, 0.4) is 0 Å². The Morgan fingerprint density at radius 1 is 1.35 bits per heavy atom. The maximum absolute atomic E-state index is 11.8. The molecule has 0 radical (unpaired) electrons. The molecule has 5 heteroatoms. The summed E-state index contributed by atoms with van der Waals surface area (Å²) in [6.07, 6.45) is 0.0783. The highest BCUT2D eigenvalue weighted by atomic mass is 16.6. The second-order valence-corrected chi connectivity index (χ2v) is 5.26. The summed E-state index contributed by atoms with van der Waals surface area (Å²) in [5, 5.41) is 9.14. The quantitative estimate of drug-likeness (QED) is 0.825. The molecule has 0 bridgehead atoms. The Morgan fingerprint density at radius 2 is 1.82 bits per heavy atom. The topological polar surface area (TPSA) is 66.8 Å². The zero-order valence-corrected chi connectivity index (χ0v) is 11.5. The van der Waals surface area contributed by atoms with E-state index in [4.69, 9.17) is 9.84 Å². The molecule has 1 N–H and O–H groups in total. The summed E-state index contributed by atoms with van der Waals surface area (Å²) in [6, 6.07) is -0.852. The molecule has 17 heavy (non-hydrogen) atoms. The summed E-state index contributed by atoms with van der Waals surface area (Å²) in [7, 11) is 1.46. The van der Waals surface area contributed by atoms with E-state index in [-0.39, 0.29) is 5.92 Å². The van der Waals surface area contributed by atoms with E-state index in [1.165, 1.54) is 7.05 Å². The van der Waals surface area contributed by atoms with Gasteiger partial charge in [0.25, 0.3) is 0 Å². The van der Waals surface area contributed by atoms with Crippen LogP contribution in [0.5, 0.6) is 0 Å². The van der Waals surface area contributed by atoms with Gasteiger partial charge in [-0.3, -0.25) is 4.90 Å². The molecule has 1 amide bonds. The van der Waals surface area contributed by atoms with Gasteiger partial charge in [-0.1, -0.05) is 20.3 Å². The van der Waals surface area contributed by atoms with Crippen LogP contribution in [0.15, 0.2) is 0 Å². The van der Waals surface area contributed by atoms with Crippen molar-refractivity contribution in [1.82, 2.24) is 4.90 Å². The van der Waals surface area contributed by atoms with Crippen LogP contribution >= 0.6 is 0 Å². The molecule has 0 spiro atoms. The molecule has 0 aromatic carbocycles. The Bertz CT molecular complexity index is 283. The Balaban J connectivity index is 4.79. The van der Waals surface area contributed by atoms with Crippen molar-refractivity contribution in [3.05, 3.63) is 0 Å². The number of carbonyl (C=O) groups is 2. The zero-order valence-electron chi connectivity index (χ0n) is 11.5. The second kappa shape index (κ2) is 5.89. The van der Waals surface area contributed by atoms with Crippen LogP contribution < -0.4 is 0 Å². The van der Waals surface area contributed by atoms with Gasteiger partial charge in [0.2, 0.25) is 0 Å². The minimum Gasteiger partial charge on any atom is -0.480 e. The third-order valence-electron chi connectivity index (χ3n) is 2.53. The molecule has 0 aliphatic rings. The van der Waals surface area contributed by atoms with Crippen LogP contribution in [0.4, 0.5) is 4.79 Å². The molecule has 0 aromatic heterocycles. The van der Waals surface area contributed by atoms with Crippen molar-refractivity contribution in [3.63, 3.8) is 0 Å². The average molecular weight is 245 g/mol. The molecule has 0 saturated carbocycles. The predicted octanol–water partition coefficient (Wildman–Crippen LogP) is 2.35. The lowest BCUT2D eigenvalue weighted by Gasteiger charge is -2.31. The normalized spacial score (nSPS) is 14.9. The van der Waals surface area contributed by atoms with Gasteiger partial charge in [0.05, 0.1) is 0 Å². The summed E-state index contributed by atoms with van der Waals surface area (Å²) in [5.74, 6) is -1.13. The number of rotatable bonds is 4. The molecule has 0 aliphatic carbocycles. The molecule has 0 heterocycles. The first-order valence-electron chi connectivity index (χ1n) is 5.78. The van der Waals surface area contributed by atoms with E-state index in [2.05, 4.69) is 0 Å². The molecule has 2 unspecified atom stereocenters. The Morgan fingerprint density at radius 3 is 2.12 bits per heavy atom. The number of carboxylic acids is 1. The second-order valence-electron chi connectivity index (χ2n) is 5.26. The van der Waals surface area contributed by atoms with Crippen molar-refractivity contribution in [3.8, 4) is 0 Å². The van der Waals surface area contributed by atoms with E-state index in [0.29, 0.717) is 6.42 Å². The number of carboxylic acid groups (broad SMARTS) is 1. The number of likely N-dealkylation sites (N-methyl/N-ethyl adjacent to an activating group) is 1. The fraction of sp³-hybridized carbons (Fsp3) is 0.833. The smallest absolute Gasteiger partial charge is 0.410 e. The Kier molecular flexibility index (Phi) is 5.45. The van der Waals surface area contributed by atoms with Crippen LogP contribution in [0.2, 0.25) is 0 Å². The minimum absolute atomic E-state index is 0.120. The molecule has 5 nitrogen and oxygen atoms in total. The molecular formula is C12H23NO4.